The number of hydrogen-bond donors (Lipinski definition) is 1. The Hall–Kier alpha value is -3.22. The highest BCUT2D eigenvalue weighted by atomic mass is 19.4. The van der Waals surface area contributed by atoms with Crippen LogP contribution in [0.3, 0.4) is 0 Å². The fourth-order valence-corrected chi connectivity index (χ4v) is 2.37. The van der Waals surface area contributed by atoms with Gasteiger partial charge in [0.15, 0.2) is 0 Å². The molecule has 2 aromatic heterocycles. The average Bonchev–Trinajstić information content (AvgIpc) is 2.62. The summed E-state index contributed by atoms with van der Waals surface area (Å²) >= 11 is 0. The van der Waals surface area contributed by atoms with Crippen molar-refractivity contribution in [3.63, 3.8) is 0 Å². The van der Waals surface area contributed by atoms with E-state index in [1.54, 1.807) is 18.3 Å². The molecule has 1 amide bonds. The van der Waals surface area contributed by atoms with Gasteiger partial charge < -0.3 is 5.32 Å². The summed E-state index contributed by atoms with van der Waals surface area (Å²) in [5.74, 6) is -0.457. The van der Waals surface area contributed by atoms with Crippen molar-refractivity contribution in [2.45, 2.75) is 13.1 Å². The maximum atomic E-state index is 12.6. The lowest BCUT2D eigenvalue weighted by Gasteiger charge is -2.09. The molecule has 0 unspecified atom stereocenters. The van der Waals surface area contributed by atoms with Crippen molar-refractivity contribution in [3.8, 4) is 11.4 Å². The predicted molar refractivity (Wildman–Crippen MR) is 91.6 cm³/mol. The van der Waals surface area contributed by atoms with E-state index in [0.717, 1.165) is 23.4 Å². The Morgan fingerprint density at radius 2 is 1.73 bits per heavy atom. The smallest absolute Gasteiger partial charge is 0.322 e. The topological polar surface area (TPSA) is 54.9 Å². The number of aryl methyl sites for hydroxylation is 1. The Bertz CT molecular complexity index is 920. The van der Waals surface area contributed by atoms with E-state index in [1.165, 1.54) is 18.3 Å². The van der Waals surface area contributed by atoms with E-state index >= 15 is 0 Å². The third-order valence-corrected chi connectivity index (χ3v) is 3.75. The van der Waals surface area contributed by atoms with E-state index in [2.05, 4.69) is 15.3 Å². The van der Waals surface area contributed by atoms with Gasteiger partial charge in [-0.2, -0.15) is 13.2 Å². The molecule has 0 aliphatic carbocycles. The van der Waals surface area contributed by atoms with Crippen LogP contribution in [0.5, 0.6) is 0 Å². The Morgan fingerprint density at radius 1 is 1.00 bits per heavy atom. The summed E-state index contributed by atoms with van der Waals surface area (Å²) < 4.78 is 37.7. The molecular formula is C19H14F3N3O. The Labute approximate surface area is 147 Å². The second-order valence-electron chi connectivity index (χ2n) is 5.63. The van der Waals surface area contributed by atoms with Gasteiger partial charge in [-0.25, -0.2) is 0 Å². The third-order valence-electron chi connectivity index (χ3n) is 3.75. The third kappa shape index (κ3) is 3.88. The average molecular weight is 357 g/mol. The van der Waals surface area contributed by atoms with E-state index in [1.807, 2.05) is 19.1 Å². The zero-order chi connectivity index (χ0) is 18.7. The molecule has 0 bridgehead atoms. The number of nitrogens with zero attached hydrogens (tertiary/aromatic N) is 2. The summed E-state index contributed by atoms with van der Waals surface area (Å²) in [6, 6.07) is 11.3. The number of nitrogens with one attached hydrogen (secondary N) is 1. The number of halogens is 3. The minimum absolute atomic E-state index is 0.271. The number of aromatic nitrogens is 2. The first-order valence-electron chi connectivity index (χ1n) is 7.71. The number of hydrogen-bond acceptors (Lipinski definition) is 3. The first kappa shape index (κ1) is 17.6. The zero-order valence-corrected chi connectivity index (χ0v) is 13.7. The maximum absolute atomic E-state index is 12.6. The van der Waals surface area contributed by atoms with Gasteiger partial charge in [0.25, 0.3) is 5.91 Å². The fourth-order valence-electron chi connectivity index (χ4n) is 2.37. The van der Waals surface area contributed by atoms with Crippen LogP contribution in [0.4, 0.5) is 18.9 Å². The molecule has 0 fully saturated rings. The van der Waals surface area contributed by atoms with Gasteiger partial charge in [0.05, 0.1) is 22.5 Å². The molecule has 4 nitrogen and oxygen atoms in total. The second-order valence-corrected chi connectivity index (χ2v) is 5.63. The predicted octanol–water partition coefficient (Wildman–Crippen LogP) is 4.72. The Kier molecular flexibility index (Phi) is 4.71. The second kappa shape index (κ2) is 6.95. The summed E-state index contributed by atoms with van der Waals surface area (Å²) in [6.07, 6.45) is -1.34. The molecule has 0 aliphatic heterocycles. The molecule has 3 aromatic rings. The van der Waals surface area contributed by atoms with Crippen molar-refractivity contribution in [1.82, 2.24) is 9.97 Å². The van der Waals surface area contributed by atoms with Gasteiger partial charge in [-0.15, -0.1) is 0 Å². The lowest BCUT2D eigenvalue weighted by molar-refractivity contribution is -0.137. The highest BCUT2D eigenvalue weighted by Crippen LogP contribution is 2.29. The highest BCUT2D eigenvalue weighted by molar-refractivity contribution is 6.04. The number of pyridine rings is 2. The summed E-state index contributed by atoms with van der Waals surface area (Å²) in [4.78, 5) is 20.7. The van der Waals surface area contributed by atoms with Crippen LogP contribution in [0.15, 0.2) is 60.9 Å². The molecule has 7 heteroatoms. The molecule has 3 rings (SSSR count). The Morgan fingerprint density at radius 3 is 2.31 bits per heavy atom. The van der Waals surface area contributed by atoms with Gasteiger partial charge in [0.1, 0.15) is 0 Å². The number of alkyl halides is 3. The lowest BCUT2D eigenvalue weighted by atomic mass is 10.1. The normalized spacial score (nSPS) is 11.2. The molecule has 26 heavy (non-hydrogen) atoms. The summed E-state index contributed by atoms with van der Waals surface area (Å²) in [6.45, 7) is 1.91. The molecular weight excluding hydrogens is 343 g/mol. The van der Waals surface area contributed by atoms with Crippen molar-refractivity contribution in [2.75, 3.05) is 5.32 Å². The van der Waals surface area contributed by atoms with Crippen molar-refractivity contribution in [1.29, 1.82) is 0 Å². The van der Waals surface area contributed by atoms with Gasteiger partial charge in [-0.3, -0.25) is 14.8 Å². The number of carbonyl (C=O) groups excluding carboxylic acids is 1. The monoisotopic (exact) mass is 357 g/mol. The van der Waals surface area contributed by atoms with E-state index in [9.17, 15) is 18.0 Å². The number of amides is 1. The minimum atomic E-state index is -4.41. The molecule has 0 atom stereocenters. The molecule has 0 spiro atoms. The highest BCUT2D eigenvalue weighted by Gasteiger charge is 2.30. The molecule has 0 radical (unpaired) electrons. The van der Waals surface area contributed by atoms with Crippen LogP contribution in [0.25, 0.3) is 11.4 Å². The van der Waals surface area contributed by atoms with Crippen molar-refractivity contribution in [2.24, 2.45) is 0 Å². The van der Waals surface area contributed by atoms with Gasteiger partial charge in [-0.05, 0) is 55.0 Å². The number of benzene rings is 1. The molecule has 0 aliphatic rings. The zero-order valence-electron chi connectivity index (χ0n) is 13.7. The molecule has 1 aromatic carbocycles. The van der Waals surface area contributed by atoms with E-state index < -0.39 is 17.6 Å². The fraction of sp³-hybridized carbons (Fsp3) is 0.105. The first-order valence-corrected chi connectivity index (χ1v) is 7.71. The van der Waals surface area contributed by atoms with Crippen molar-refractivity contribution in [3.05, 3.63) is 77.6 Å². The van der Waals surface area contributed by atoms with Gasteiger partial charge in [-0.1, -0.05) is 6.07 Å². The number of rotatable bonds is 3. The van der Waals surface area contributed by atoms with Crippen LogP contribution >= 0.6 is 0 Å². The Balaban J connectivity index is 1.73. The van der Waals surface area contributed by atoms with Crippen molar-refractivity contribution >= 4 is 11.6 Å². The van der Waals surface area contributed by atoms with Crippen LogP contribution in [0, 0.1) is 6.92 Å². The van der Waals surface area contributed by atoms with Crippen LogP contribution < -0.4 is 5.32 Å². The first-order chi connectivity index (χ1) is 12.3. The lowest BCUT2D eigenvalue weighted by Crippen LogP contribution is -2.12. The summed E-state index contributed by atoms with van der Waals surface area (Å²) in [5.41, 5.74) is 2.11. The van der Waals surface area contributed by atoms with E-state index in [0.29, 0.717) is 11.3 Å². The van der Waals surface area contributed by atoms with Crippen LogP contribution in [0.1, 0.15) is 21.5 Å². The van der Waals surface area contributed by atoms with Crippen LogP contribution in [-0.4, -0.2) is 15.9 Å². The van der Waals surface area contributed by atoms with Crippen molar-refractivity contribution < 1.29 is 18.0 Å². The van der Waals surface area contributed by atoms with Gasteiger partial charge in [0, 0.05) is 18.1 Å². The summed E-state index contributed by atoms with van der Waals surface area (Å²) in [5, 5.41) is 2.55. The maximum Gasteiger partial charge on any atom is 0.416 e. The van der Waals surface area contributed by atoms with E-state index in [-0.39, 0.29) is 5.69 Å². The number of carbonyl (C=O) groups is 1. The molecule has 0 saturated heterocycles. The minimum Gasteiger partial charge on any atom is -0.322 e. The van der Waals surface area contributed by atoms with E-state index in [4.69, 9.17) is 0 Å². The largest absolute Gasteiger partial charge is 0.416 e. The quantitative estimate of drug-likeness (QED) is 0.738. The standard InChI is InChI=1S/C19H14F3N3O/c1-12-3-2-10-23-17(12)16-9-4-13(11-24-16)18(26)25-15-7-5-14(6-8-15)19(20,21)22/h2-11H,1H3,(H,25,26). The SMILES string of the molecule is Cc1cccnc1-c1ccc(C(=O)Nc2ccc(C(F)(F)F)cc2)cn1. The number of anilines is 1. The van der Waals surface area contributed by atoms with Gasteiger partial charge >= 0.3 is 6.18 Å². The molecule has 0 saturated carbocycles. The van der Waals surface area contributed by atoms with Gasteiger partial charge in [0.2, 0.25) is 0 Å². The molecule has 1 N–H and O–H groups in total. The van der Waals surface area contributed by atoms with Crippen LogP contribution in [-0.2, 0) is 6.18 Å². The molecule has 132 valence electrons. The summed E-state index contributed by atoms with van der Waals surface area (Å²) in [7, 11) is 0. The molecule has 2 heterocycles. The van der Waals surface area contributed by atoms with Crippen LogP contribution in [0.2, 0.25) is 0 Å².